The molecule has 2 aliphatic carbocycles. The summed E-state index contributed by atoms with van der Waals surface area (Å²) in [6.45, 7) is 13.5. The first-order chi connectivity index (χ1) is 19.8. The number of ketones is 1. The lowest BCUT2D eigenvalue weighted by molar-refractivity contribution is -0.145. The molecule has 0 radical (unpaired) electrons. The van der Waals surface area contributed by atoms with Gasteiger partial charge in [0.1, 0.15) is 12.1 Å². The van der Waals surface area contributed by atoms with E-state index in [4.69, 9.17) is 5.73 Å². The molecule has 5 N–H and O–H groups in total. The van der Waals surface area contributed by atoms with Crippen molar-refractivity contribution in [3.05, 3.63) is 0 Å². The van der Waals surface area contributed by atoms with Crippen LogP contribution in [0.25, 0.3) is 0 Å². The third kappa shape index (κ3) is 6.86. The molecule has 13 heteroatoms. The summed E-state index contributed by atoms with van der Waals surface area (Å²) in [5.74, 6) is -2.79. The Hall–Kier alpha value is -2.70. The number of amides is 5. The van der Waals surface area contributed by atoms with Crippen molar-refractivity contribution >= 4 is 39.4 Å². The lowest BCUT2D eigenvalue weighted by Crippen LogP contribution is -2.62. The van der Waals surface area contributed by atoms with E-state index in [1.165, 1.54) is 4.90 Å². The summed E-state index contributed by atoms with van der Waals surface area (Å²) >= 11 is 0. The lowest BCUT2D eigenvalue weighted by Gasteiger charge is -2.38. The second-order valence-corrected chi connectivity index (χ2v) is 17.4. The van der Waals surface area contributed by atoms with Crippen LogP contribution in [-0.2, 0) is 29.0 Å². The summed E-state index contributed by atoms with van der Waals surface area (Å²) in [5, 5.41) is 7.71. The van der Waals surface area contributed by atoms with E-state index in [9.17, 15) is 32.4 Å². The van der Waals surface area contributed by atoms with Gasteiger partial charge in [-0.2, -0.15) is 0 Å². The van der Waals surface area contributed by atoms with Crippen molar-refractivity contribution in [3.8, 4) is 0 Å². The topological polar surface area (TPSA) is 185 Å². The van der Waals surface area contributed by atoms with Gasteiger partial charge in [0.15, 0.2) is 9.84 Å². The minimum atomic E-state index is -3.33. The average molecular weight is 624 g/mol. The molecule has 4 unspecified atom stereocenters. The van der Waals surface area contributed by atoms with E-state index < -0.39 is 74.2 Å². The molecule has 43 heavy (non-hydrogen) atoms. The van der Waals surface area contributed by atoms with E-state index in [2.05, 4.69) is 16.0 Å². The van der Waals surface area contributed by atoms with Crippen LogP contribution in [0.5, 0.6) is 0 Å². The monoisotopic (exact) mass is 623 g/mol. The van der Waals surface area contributed by atoms with Crippen LogP contribution in [0.3, 0.4) is 0 Å². The summed E-state index contributed by atoms with van der Waals surface area (Å²) in [5.41, 5.74) is 4.33. The predicted octanol–water partition coefficient (Wildman–Crippen LogP) is 1.12. The first-order valence-corrected chi connectivity index (χ1v) is 17.2. The van der Waals surface area contributed by atoms with Crippen LogP contribution in [0.4, 0.5) is 4.79 Å². The van der Waals surface area contributed by atoms with Gasteiger partial charge in [0, 0.05) is 12.6 Å². The zero-order valence-corrected chi connectivity index (χ0v) is 27.3. The highest BCUT2D eigenvalue weighted by molar-refractivity contribution is 7.92. The Labute approximate surface area is 254 Å². The highest BCUT2D eigenvalue weighted by Gasteiger charge is 2.70. The Morgan fingerprint density at radius 3 is 2.12 bits per heavy atom. The Morgan fingerprint density at radius 1 is 1.00 bits per heavy atom. The van der Waals surface area contributed by atoms with Crippen LogP contribution in [-0.4, -0.2) is 84.6 Å². The van der Waals surface area contributed by atoms with Gasteiger partial charge in [-0.25, -0.2) is 13.2 Å². The van der Waals surface area contributed by atoms with Crippen LogP contribution < -0.4 is 21.7 Å². The van der Waals surface area contributed by atoms with Crippen molar-refractivity contribution in [3.63, 3.8) is 0 Å². The fourth-order valence-electron chi connectivity index (χ4n) is 7.21. The fraction of sp³-hybridized carbons (Fsp3) is 0.833. The van der Waals surface area contributed by atoms with Gasteiger partial charge in [-0.05, 0) is 53.8 Å². The van der Waals surface area contributed by atoms with Crippen LogP contribution in [0.15, 0.2) is 0 Å². The van der Waals surface area contributed by atoms with Gasteiger partial charge < -0.3 is 26.6 Å². The third-order valence-electron chi connectivity index (χ3n) is 10.1. The molecular weight excluding hydrogens is 574 g/mol. The molecule has 5 amide bonds. The molecule has 0 bridgehead atoms. The van der Waals surface area contributed by atoms with Gasteiger partial charge in [-0.15, -0.1) is 0 Å². The second kappa shape index (κ2) is 11.7. The molecule has 0 spiro atoms. The molecule has 2 aliphatic heterocycles. The molecule has 0 aromatic carbocycles. The molecule has 4 fully saturated rings. The van der Waals surface area contributed by atoms with Crippen molar-refractivity contribution in [2.45, 2.75) is 110 Å². The first-order valence-electron chi connectivity index (χ1n) is 15.5. The van der Waals surface area contributed by atoms with E-state index >= 15 is 0 Å². The Kier molecular flexibility index (Phi) is 9.01. The fourth-order valence-corrected chi connectivity index (χ4v) is 9.43. The molecule has 2 saturated carbocycles. The van der Waals surface area contributed by atoms with Crippen LogP contribution in [0, 0.1) is 34.5 Å². The first kappa shape index (κ1) is 33.2. The van der Waals surface area contributed by atoms with E-state index in [0.717, 1.165) is 12.8 Å². The van der Waals surface area contributed by atoms with Crippen LogP contribution >= 0.6 is 0 Å². The molecule has 4 rings (SSSR count). The van der Waals surface area contributed by atoms with Crippen LogP contribution in [0.1, 0.15) is 80.6 Å². The summed E-state index contributed by atoms with van der Waals surface area (Å²) < 4.78 is 25.3. The molecule has 2 heterocycles. The zero-order valence-electron chi connectivity index (χ0n) is 26.4. The molecule has 242 valence electrons. The molecule has 7 atom stereocenters. The van der Waals surface area contributed by atoms with E-state index in [0.29, 0.717) is 25.8 Å². The largest absolute Gasteiger partial charge is 0.363 e. The normalized spacial score (nSPS) is 29.3. The smallest absolute Gasteiger partial charge is 0.315 e. The number of carbonyl (C=O) groups is 5. The number of carbonyl (C=O) groups excluding carboxylic acids is 5. The van der Waals surface area contributed by atoms with Gasteiger partial charge >= 0.3 is 6.03 Å². The minimum Gasteiger partial charge on any atom is -0.363 e. The number of likely N-dealkylation sites (tertiary alicyclic amines) is 1. The SMILES string of the molecule is CC(C)C(NC(=O)N[C@H](C(=O)N1CC2[C@@H]([C@H]1C(=O)NC(CC1CC1)C(=O)C(N)=O)C2(C)C)C(C)(C)C)C1CCCS1(=O)=O. The molecular formula is C30H49N5O7S. The number of piperidine rings is 1. The summed E-state index contributed by atoms with van der Waals surface area (Å²) in [6, 6.07) is -4.20. The van der Waals surface area contributed by atoms with Gasteiger partial charge in [0.25, 0.3) is 5.91 Å². The number of nitrogens with one attached hydrogen (secondary N) is 3. The van der Waals surface area contributed by atoms with Crippen molar-refractivity contribution in [2.75, 3.05) is 12.3 Å². The Balaban J connectivity index is 1.53. The van der Waals surface area contributed by atoms with E-state index in [-0.39, 0.29) is 34.8 Å². The molecule has 2 saturated heterocycles. The number of rotatable bonds is 11. The van der Waals surface area contributed by atoms with Gasteiger partial charge in [0.05, 0.1) is 17.0 Å². The highest BCUT2D eigenvalue weighted by atomic mass is 32.2. The quantitative estimate of drug-likeness (QED) is 0.249. The molecule has 4 aliphatic rings. The maximum atomic E-state index is 14.2. The van der Waals surface area contributed by atoms with Crippen LogP contribution in [0.2, 0.25) is 0 Å². The maximum Gasteiger partial charge on any atom is 0.315 e. The highest BCUT2D eigenvalue weighted by Crippen LogP contribution is 2.65. The summed E-state index contributed by atoms with van der Waals surface area (Å²) in [7, 11) is -3.33. The van der Waals surface area contributed by atoms with Crippen molar-refractivity contribution < 1.29 is 32.4 Å². The van der Waals surface area contributed by atoms with Gasteiger partial charge in [-0.3, -0.25) is 19.2 Å². The number of nitrogens with zero attached hydrogens (tertiary/aromatic N) is 1. The zero-order chi connectivity index (χ0) is 32.2. The van der Waals surface area contributed by atoms with E-state index in [1.54, 1.807) is 0 Å². The average Bonchev–Trinajstić information content (AvgIpc) is 3.67. The molecule has 12 nitrogen and oxygen atoms in total. The lowest BCUT2D eigenvalue weighted by atomic mass is 9.85. The number of sulfone groups is 1. The molecule has 0 aromatic rings. The minimum absolute atomic E-state index is 0.0632. The molecule has 0 aromatic heterocycles. The number of fused-ring (bicyclic) bond motifs is 1. The van der Waals surface area contributed by atoms with Gasteiger partial charge in [-0.1, -0.05) is 61.3 Å². The van der Waals surface area contributed by atoms with Crippen molar-refractivity contribution in [1.29, 1.82) is 0 Å². The van der Waals surface area contributed by atoms with E-state index in [1.807, 2.05) is 48.5 Å². The Morgan fingerprint density at radius 2 is 1.63 bits per heavy atom. The maximum absolute atomic E-state index is 14.2. The summed E-state index contributed by atoms with van der Waals surface area (Å²) in [4.78, 5) is 67.1. The number of hydrogen-bond donors (Lipinski definition) is 4. The standard InChI is InChI=1S/C30H49N5O7S/c1-15(2)21(19-9-8-12-43(19,41)42)33-28(40)34-24(29(3,4)5)27(39)35-14-17-20(30(17,6)7)22(35)26(38)32-18(13-16-10-11-16)23(36)25(31)37/h15-22,24H,8-14H2,1-7H3,(H2,31,37)(H,32,38)(H2,33,34,40)/t17?,18?,19?,20-,21?,22-,24+/m0/s1. The Bertz CT molecular complexity index is 1270. The summed E-state index contributed by atoms with van der Waals surface area (Å²) in [6.07, 6.45) is 3.17. The second-order valence-electron chi connectivity index (χ2n) is 15.1. The van der Waals surface area contributed by atoms with Crippen molar-refractivity contribution in [1.82, 2.24) is 20.9 Å². The predicted molar refractivity (Wildman–Crippen MR) is 160 cm³/mol. The van der Waals surface area contributed by atoms with Gasteiger partial charge in [0.2, 0.25) is 17.6 Å². The number of primary amides is 1. The number of hydrogen-bond acceptors (Lipinski definition) is 7. The number of Topliss-reactive ketones (excluding diaryl/α,β-unsaturated/α-hetero) is 1. The number of urea groups is 1. The number of nitrogens with two attached hydrogens (primary N) is 1. The third-order valence-corrected chi connectivity index (χ3v) is 12.4. The van der Waals surface area contributed by atoms with Crippen molar-refractivity contribution in [2.24, 2.45) is 40.2 Å².